The van der Waals surface area contributed by atoms with E-state index in [1.54, 1.807) is 0 Å². The number of benzene rings is 7. The average Bonchev–Trinajstić information content (AvgIpc) is 3.92. The number of rotatable bonds is 5. The summed E-state index contributed by atoms with van der Waals surface area (Å²) in [5.41, 5.74) is 7.64. The van der Waals surface area contributed by atoms with Crippen molar-refractivity contribution in [3.8, 4) is 5.69 Å². The van der Waals surface area contributed by atoms with Crippen molar-refractivity contribution in [2.45, 2.75) is 29.1 Å². The van der Waals surface area contributed by atoms with Gasteiger partial charge in [-0.15, -0.1) is 34.8 Å². The topological polar surface area (TPSA) is 35.1 Å². The Kier molecular flexibility index (Phi) is 8.63. The van der Waals surface area contributed by atoms with Crippen LogP contribution in [0.25, 0.3) is 54.9 Å². The molecule has 0 bridgehead atoms. The van der Waals surface area contributed by atoms with Crippen LogP contribution in [0, 0.1) is 12.1 Å². The van der Waals surface area contributed by atoms with Gasteiger partial charge in [0, 0.05) is 50.1 Å². The quantitative estimate of drug-likeness (QED) is 0.0748. The number of aromatic nitrogens is 4. The van der Waals surface area contributed by atoms with E-state index in [-0.39, 0.29) is 25.8 Å². The van der Waals surface area contributed by atoms with Crippen molar-refractivity contribution in [3.63, 3.8) is 0 Å². The summed E-state index contributed by atoms with van der Waals surface area (Å²) in [6, 6.07) is 68.0. The zero-order chi connectivity index (χ0) is 39.3. The van der Waals surface area contributed by atoms with E-state index >= 15 is 0 Å². The molecule has 0 atom stereocenters. The molecule has 0 radical (unpaired) electrons. The molecule has 0 N–H and O–H groups in total. The van der Waals surface area contributed by atoms with Crippen LogP contribution in [0.3, 0.4) is 0 Å². The molecular weight excluding hydrogens is 859 g/mol. The molecule has 1 aliphatic heterocycles. The first-order chi connectivity index (χ1) is 29.0. The zero-order valence-electron chi connectivity index (χ0n) is 32.8. The number of hydrogen-bond acceptors (Lipinski definition) is 3. The van der Waals surface area contributed by atoms with Gasteiger partial charge in [0.15, 0.2) is 0 Å². The predicted octanol–water partition coefficient (Wildman–Crippen LogP) is 9.90. The maximum Gasteiger partial charge on any atom is 2.00 e. The minimum atomic E-state index is -3.10. The van der Waals surface area contributed by atoms with E-state index in [1.807, 2.05) is 24.2 Å². The Hall–Kier alpha value is -6.07. The number of para-hydroxylation sites is 1. The van der Waals surface area contributed by atoms with Crippen LogP contribution < -0.4 is 20.7 Å². The summed E-state index contributed by atoms with van der Waals surface area (Å²) in [5.74, 6) is 0. The Labute approximate surface area is 367 Å². The van der Waals surface area contributed by atoms with Crippen molar-refractivity contribution in [1.82, 2.24) is 18.9 Å². The molecule has 1 aliphatic rings. The van der Waals surface area contributed by atoms with E-state index in [1.165, 1.54) is 42.1 Å². The van der Waals surface area contributed by atoms with Gasteiger partial charge in [0.25, 0.3) is 0 Å². The molecule has 12 rings (SSSR count). The van der Waals surface area contributed by atoms with E-state index in [2.05, 4.69) is 205 Å². The summed E-state index contributed by atoms with van der Waals surface area (Å²) in [7, 11) is -3.10. The smallest absolute Gasteiger partial charge is 0.340 e. The fourth-order valence-electron chi connectivity index (χ4n) is 9.90. The Morgan fingerprint density at radius 3 is 2.07 bits per heavy atom. The van der Waals surface area contributed by atoms with Crippen LogP contribution in [-0.4, -0.2) is 27.0 Å². The van der Waals surface area contributed by atoms with Crippen LogP contribution >= 0.6 is 11.8 Å². The molecule has 0 unspecified atom stereocenters. The number of imidazole rings is 1. The van der Waals surface area contributed by atoms with Crippen LogP contribution in [0.4, 0.5) is 0 Å². The molecule has 288 valence electrons. The van der Waals surface area contributed by atoms with Crippen molar-refractivity contribution in [1.29, 1.82) is 0 Å². The Morgan fingerprint density at radius 2 is 1.25 bits per heavy atom. The van der Waals surface area contributed by atoms with Crippen LogP contribution in [0.1, 0.15) is 25.0 Å². The van der Waals surface area contributed by atoms with E-state index in [0.29, 0.717) is 0 Å². The molecular formula is C53H36N4PdSSi. The minimum absolute atomic E-state index is 0. The van der Waals surface area contributed by atoms with E-state index in [9.17, 15) is 0 Å². The number of fused-ring (bicyclic) bond motifs is 12. The van der Waals surface area contributed by atoms with Gasteiger partial charge in [-0.3, -0.25) is 4.98 Å². The number of nitrogens with zero attached hydrogens (tertiary/aromatic N) is 4. The first-order valence-electron chi connectivity index (χ1n) is 20.1. The minimum Gasteiger partial charge on any atom is -0.340 e. The van der Waals surface area contributed by atoms with Crippen molar-refractivity contribution in [3.05, 3.63) is 206 Å². The Morgan fingerprint density at radius 1 is 0.550 bits per heavy atom. The van der Waals surface area contributed by atoms with Gasteiger partial charge in [-0.2, -0.15) is 23.4 Å². The van der Waals surface area contributed by atoms with Crippen LogP contribution in [-0.2, 0) is 25.8 Å². The third-order valence-electron chi connectivity index (χ3n) is 12.6. The third kappa shape index (κ3) is 5.20. The fraction of sp³-hybridized carbons (Fsp3) is 0.0566. The van der Waals surface area contributed by atoms with Crippen molar-refractivity contribution >= 4 is 89.8 Å². The van der Waals surface area contributed by atoms with E-state index in [0.717, 1.165) is 54.5 Å². The molecule has 7 aromatic carbocycles. The fourth-order valence-corrected chi connectivity index (χ4v) is 16.0. The maximum absolute atomic E-state index is 5.10. The normalized spacial score (nSPS) is 13.4. The zero-order valence-corrected chi connectivity index (χ0v) is 36.2. The molecule has 7 heteroatoms. The van der Waals surface area contributed by atoms with Gasteiger partial charge in [0.1, 0.15) is 13.7 Å². The molecule has 0 amide bonds. The monoisotopic (exact) mass is 894 g/mol. The second kappa shape index (κ2) is 14.0. The van der Waals surface area contributed by atoms with Crippen LogP contribution in [0.15, 0.2) is 192 Å². The first kappa shape index (κ1) is 37.0. The molecule has 5 heterocycles. The molecule has 0 saturated heterocycles. The second-order valence-electron chi connectivity index (χ2n) is 16.0. The van der Waals surface area contributed by atoms with Crippen LogP contribution in [0.5, 0.6) is 0 Å². The molecule has 0 aliphatic carbocycles. The molecule has 0 saturated carbocycles. The molecule has 60 heavy (non-hydrogen) atoms. The summed E-state index contributed by atoms with van der Waals surface area (Å²) >= 11 is 1.88. The van der Waals surface area contributed by atoms with Gasteiger partial charge in [-0.05, 0) is 57.2 Å². The number of pyridine rings is 2. The van der Waals surface area contributed by atoms with Gasteiger partial charge in [0.05, 0.1) is 11.2 Å². The summed E-state index contributed by atoms with van der Waals surface area (Å²) in [6.07, 6.45) is 5.87. The van der Waals surface area contributed by atoms with Crippen molar-refractivity contribution < 1.29 is 20.4 Å². The molecule has 0 spiro atoms. The Balaban J connectivity index is 0.00000408. The summed E-state index contributed by atoms with van der Waals surface area (Å²) in [5, 5.41) is 10.6. The third-order valence-corrected chi connectivity index (χ3v) is 18.4. The second-order valence-corrected chi connectivity index (χ2v) is 20.8. The van der Waals surface area contributed by atoms with E-state index < -0.39 is 8.07 Å². The summed E-state index contributed by atoms with van der Waals surface area (Å²) in [6.45, 7) is 4.71. The molecule has 11 aromatic rings. The maximum atomic E-state index is 5.10. The summed E-state index contributed by atoms with van der Waals surface area (Å²) < 4.78 is 4.53. The van der Waals surface area contributed by atoms with Crippen molar-refractivity contribution in [2.24, 2.45) is 0 Å². The largest absolute Gasteiger partial charge is 2.00 e. The average molecular weight is 895 g/mol. The molecule has 0 fully saturated rings. The van der Waals surface area contributed by atoms with Gasteiger partial charge >= 0.3 is 20.4 Å². The van der Waals surface area contributed by atoms with Gasteiger partial charge < -0.3 is 8.97 Å². The van der Waals surface area contributed by atoms with Gasteiger partial charge in [-0.1, -0.05) is 140 Å². The summed E-state index contributed by atoms with van der Waals surface area (Å²) in [4.78, 5) is 12.6. The first-order valence-corrected chi connectivity index (χ1v) is 22.9. The predicted molar refractivity (Wildman–Crippen MR) is 246 cm³/mol. The Bertz CT molecular complexity index is 3430. The number of hydrogen-bond donors (Lipinski definition) is 0. The van der Waals surface area contributed by atoms with Crippen LogP contribution in [0.2, 0.25) is 0 Å². The SMILES string of the molecule is CC1(C)c2ccccc2Sc2c1ccc1c2c2cccnc2n1-c1[c-]c([Si](c2[c-]c3c(cc2)c2ccccc2n2ccnc32)(c2ccccc2)c2ccccc2)ccc1.[Pd+2]. The van der Waals surface area contributed by atoms with Gasteiger partial charge in [-0.25, -0.2) is 4.98 Å². The van der Waals surface area contributed by atoms with Crippen molar-refractivity contribution in [2.75, 3.05) is 0 Å². The molecule has 4 aromatic heterocycles. The molecule has 4 nitrogen and oxygen atoms in total. The van der Waals surface area contributed by atoms with Gasteiger partial charge in [0.2, 0.25) is 0 Å². The standard InChI is InChI=1S/C53H36N4SSi.Pd/c1-53(2)44-23-10-12-25-48(44)58-50-45(53)28-29-47-49(50)42-22-14-30-54-52(42)57(47)35-15-13-20-38(33-35)59(36-16-5-3-6-17-36,37-18-7-4-8-19-37)39-26-27-40-41-21-9-11-24-46(41)56-32-31-55-51(56)43(40)34-39;/h3-32H,1-2H3;/q-2;+2. The van der Waals surface area contributed by atoms with E-state index in [4.69, 9.17) is 9.97 Å².